The molecule has 3 heterocycles. The lowest BCUT2D eigenvalue weighted by Crippen LogP contribution is -2.44. The molecule has 4 rings (SSSR count). The number of piperidine rings is 1. The zero-order chi connectivity index (χ0) is 16.7. The van der Waals surface area contributed by atoms with E-state index in [9.17, 15) is 4.79 Å². The van der Waals surface area contributed by atoms with E-state index < -0.39 is 0 Å². The molecule has 2 fully saturated rings. The first-order valence-corrected chi connectivity index (χ1v) is 8.88. The normalized spacial score (nSPS) is 22.4. The fraction of sp³-hybridized carbons (Fsp3) is 0.471. The summed E-state index contributed by atoms with van der Waals surface area (Å²) >= 11 is 12.4. The number of nitrogens with zero attached hydrogens (tertiary/aromatic N) is 1. The van der Waals surface area contributed by atoms with Crippen molar-refractivity contribution >= 4 is 40.0 Å². The third-order valence-electron chi connectivity index (χ3n) is 4.69. The topological polar surface area (TPSA) is 54.6 Å². The van der Waals surface area contributed by atoms with E-state index in [1.807, 2.05) is 11.0 Å². The summed E-state index contributed by atoms with van der Waals surface area (Å²) in [6.45, 7) is 2.60. The Morgan fingerprint density at radius 1 is 1.25 bits per heavy atom. The van der Waals surface area contributed by atoms with E-state index in [4.69, 9.17) is 32.7 Å². The lowest BCUT2D eigenvalue weighted by Gasteiger charge is -2.34. The summed E-state index contributed by atoms with van der Waals surface area (Å²) in [7, 11) is 0. The second kappa shape index (κ2) is 6.56. The van der Waals surface area contributed by atoms with Crippen LogP contribution in [0.15, 0.2) is 18.2 Å². The highest BCUT2D eigenvalue weighted by molar-refractivity contribution is 6.39. The van der Waals surface area contributed by atoms with E-state index in [-0.39, 0.29) is 18.1 Å². The largest absolute Gasteiger partial charge is 0.350 e. The minimum absolute atomic E-state index is 0.0879. The van der Waals surface area contributed by atoms with Crippen molar-refractivity contribution in [2.45, 2.75) is 19.1 Å². The number of carbonyl (C=O) groups is 1. The average molecular weight is 369 g/mol. The highest BCUT2D eigenvalue weighted by atomic mass is 35.5. The number of likely N-dealkylation sites (tertiary alicyclic amines) is 1. The summed E-state index contributed by atoms with van der Waals surface area (Å²) in [4.78, 5) is 17.9. The minimum atomic E-state index is -0.197. The number of fused-ring (bicyclic) bond motifs is 1. The van der Waals surface area contributed by atoms with E-state index in [2.05, 4.69) is 4.98 Å². The van der Waals surface area contributed by atoms with Crippen LogP contribution < -0.4 is 0 Å². The number of hydrogen-bond acceptors (Lipinski definition) is 3. The first-order chi connectivity index (χ1) is 11.6. The van der Waals surface area contributed by atoms with Crippen LogP contribution in [0.2, 0.25) is 10.0 Å². The molecule has 7 heteroatoms. The second-order valence-corrected chi connectivity index (χ2v) is 7.08. The van der Waals surface area contributed by atoms with Crippen LogP contribution in [0.4, 0.5) is 0 Å². The Morgan fingerprint density at radius 3 is 2.83 bits per heavy atom. The summed E-state index contributed by atoms with van der Waals surface area (Å²) in [5.74, 6) is 0.123. The van der Waals surface area contributed by atoms with Gasteiger partial charge in [-0.15, -0.1) is 0 Å². The molecule has 1 aromatic carbocycles. The Kier molecular flexibility index (Phi) is 4.43. The maximum atomic E-state index is 12.9. The van der Waals surface area contributed by atoms with Crippen molar-refractivity contribution in [3.8, 4) is 0 Å². The molecule has 1 aromatic heterocycles. The van der Waals surface area contributed by atoms with Gasteiger partial charge in [-0.05, 0) is 31.0 Å². The number of hydrogen-bond donors (Lipinski definition) is 1. The molecule has 0 spiro atoms. The van der Waals surface area contributed by atoms with E-state index in [1.54, 1.807) is 12.1 Å². The molecule has 1 amide bonds. The zero-order valence-corrected chi connectivity index (χ0v) is 14.6. The van der Waals surface area contributed by atoms with Crippen molar-refractivity contribution in [3.63, 3.8) is 0 Å². The van der Waals surface area contributed by atoms with Crippen LogP contribution in [0.25, 0.3) is 10.9 Å². The van der Waals surface area contributed by atoms with E-state index in [1.165, 1.54) is 0 Å². The maximum absolute atomic E-state index is 12.9. The third-order valence-corrected chi connectivity index (χ3v) is 5.32. The molecule has 2 aliphatic heterocycles. The van der Waals surface area contributed by atoms with Gasteiger partial charge >= 0.3 is 0 Å². The number of nitrogens with one attached hydrogen (secondary N) is 1. The van der Waals surface area contributed by atoms with Crippen LogP contribution in [-0.4, -0.2) is 48.4 Å². The van der Waals surface area contributed by atoms with Gasteiger partial charge in [0.15, 0.2) is 6.29 Å². The smallest absolute Gasteiger partial charge is 0.271 e. The summed E-state index contributed by atoms with van der Waals surface area (Å²) in [6.07, 6.45) is 1.74. The van der Waals surface area contributed by atoms with Crippen molar-refractivity contribution in [3.05, 3.63) is 33.9 Å². The quantitative estimate of drug-likeness (QED) is 0.878. The van der Waals surface area contributed by atoms with Gasteiger partial charge in [0.1, 0.15) is 5.69 Å². The van der Waals surface area contributed by atoms with Crippen LogP contribution >= 0.6 is 23.2 Å². The first kappa shape index (κ1) is 16.2. The SMILES string of the molecule is O=C(c1[nH]c2ccc(Cl)cc2c1Cl)N1CCCC(C2OCCO2)C1. The number of ether oxygens (including phenoxy) is 2. The summed E-state index contributed by atoms with van der Waals surface area (Å²) < 4.78 is 11.2. The summed E-state index contributed by atoms with van der Waals surface area (Å²) in [5, 5.41) is 1.78. The molecular weight excluding hydrogens is 351 g/mol. The monoisotopic (exact) mass is 368 g/mol. The molecule has 2 aromatic rings. The number of H-pyrrole nitrogens is 1. The summed E-state index contributed by atoms with van der Waals surface area (Å²) in [5.41, 5.74) is 1.23. The number of halogens is 2. The third kappa shape index (κ3) is 2.90. The van der Waals surface area contributed by atoms with Gasteiger partial charge in [0.2, 0.25) is 0 Å². The van der Waals surface area contributed by atoms with Crippen molar-refractivity contribution < 1.29 is 14.3 Å². The first-order valence-electron chi connectivity index (χ1n) is 8.12. The van der Waals surface area contributed by atoms with E-state index in [0.717, 1.165) is 23.7 Å². The van der Waals surface area contributed by atoms with Crippen molar-refractivity contribution in [1.29, 1.82) is 0 Å². The minimum Gasteiger partial charge on any atom is -0.350 e. The fourth-order valence-electron chi connectivity index (χ4n) is 3.50. The number of amides is 1. The maximum Gasteiger partial charge on any atom is 0.271 e. The molecule has 1 atom stereocenters. The molecule has 0 saturated carbocycles. The Morgan fingerprint density at radius 2 is 2.04 bits per heavy atom. The molecular formula is C17H18Cl2N2O3. The Balaban J connectivity index is 1.57. The lowest BCUT2D eigenvalue weighted by molar-refractivity contribution is -0.0969. The van der Waals surface area contributed by atoms with Crippen LogP contribution in [0.3, 0.4) is 0 Å². The second-order valence-electron chi connectivity index (χ2n) is 6.27. The molecule has 0 bridgehead atoms. The van der Waals surface area contributed by atoms with Crippen molar-refractivity contribution in [1.82, 2.24) is 9.88 Å². The lowest BCUT2D eigenvalue weighted by atomic mass is 9.97. The Labute approximate surface area is 149 Å². The molecule has 2 aliphatic rings. The Bertz CT molecular complexity index is 771. The van der Waals surface area contributed by atoms with Gasteiger partial charge < -0.3 is 19.4 Å². The molecule has 1 N–H and O–H groups in total. The highest BCUT2D eigenvalue weighted by Crippen LogP contribution is 2.32. The van der Waals surface area contributed by atoms with Gasteiger partial charge in [-0.3, -0.25) is 4.79 Å². The molecule has 24 heavy (non-hydrogen) atoms. The molecule has 1 unspecified atom stereocenters. The van der Waals surface area contributed by atoms with Gasteiger partial charge in [-0.25, -0.2) is 0 Å². The van der Waals surface area contributed by atoms with Gasteiger partial charge in [0.05, 0.1) is 18.2 Å². The van der Waals surface area contributed by atoms with Gasteiger partial charge in [0.25, 0.3) is 5.91 Å². The van der Waals surface area contributed by atoms with Crippen LogP contribution in [-0.2, 0) is 9.47 Å². The number of aromatic amines is 1. The van der Waals surface area contributed by atoms with E-state index in [0.29, 0.717) is 42.0 Å². The zero-order valence-electron chi connectivity index (χ0n) is 13.1. The predicted octanol–water partition coefficient (Wildman–Crippen LogP) is 3.70. The average Bonchev–Trinajstić information content (AvgIpc) is 3.24. The van der Waals surface area contributed by atoms with Gasteiger partial charge in [-0.2, -0.15) is 0 Å². The predicted molar refractivity (Wildman–Crippen MR) is 92.6 cm³/mol. The van der Waals surface area contributed by atoms with Crippen molar-refractivity contribution in [2.24, 2.45) is 5.92 Å². The molecule has 5 nitrogen and oxygen atoms in total. The van der Waals surface area contributed by atoms with E-state index >= 15 is 0 Å². The Hall–Kier alpha value is -1.27. The molecule has 128 valence electrons. The fourth-order valence-corrected chi connectivity index (χ4v) is 3.96. The number of aromatic nitrogens is 1. The molecule has 2 saturated heterocycles. The highest BCUT2D eigenvalue weighted by Gasteiger charge is 2.34. The number of rotatable bonds is 2. The summed E-state index contributed by atoms with van der Waals surface area (Å²) in [6, 6.07) is 5.38. The number of carbonyl (C=O) groups excluding carboxylic acids is 1. The van der Waals surface area contributed by atoms with Gasteiger partial charge in [-0.1, -0.05) is 23.2 Å². The van der Waals surface area contributed by atoms with Crippen LogP contribution in [0, 0.1) is 5.92 Å². The molecule has 0 radical (unpaired) electrons. The van der Waals surface area contributed by atoms with Crippen LogP contribution in [0.5, 0.6) is 0 Å². The standard InChI is InChI=1S/C17H18Cl2N2O3/c18-11-3-4-13-12(8-11)14(19)15(20-13)16(22)21-5-1-2-10(9-21)17-23-6-7-24-17/h3-4,8,10,17,20H,1-2,5-7,9H2. The number of benzene rings is 1. The van der Waals surface area contributed by atoms with Gasteiger partial charge in [0, 0.05) is 34.9 Å². The van der Waals surface area contributed by atoms with Crippen molar-refractivity contribution in [2.75, 3.05) is 26.3 Å². The molecule has 0 aliphatic carbocycles. The van der Waals surface area contributed by atoms with Crippen LogP contribution in [0.1, 0.15) is 23.3 Å².